The second-order valence-electron chi connectivity index (χ2n) is 3.99. The molecule has 6 nitrogen and oxygen atoms in total. The third-order valence-corrected chi connectivity index (χ3v) is 3.21. The number of rotatable bonds is 3. The second kappa shape index (κ2) is 4.75. The van der Waals surface area contributed by atoms with E-state index in [0.717, 1.165) is 19.4 Å². The minimum atomic E-state index is -0.568. The lowest BCUT2D eigenvalue weighted by Gasteiger charge is -2.17. The Morgan fingerprint density at radius 2 is 2.12 bits per heavy atom. The van der Waals surface area contributed by atoms with Crippen molar-refractivity contribution in [3.63, 3.8) is 0 Å². The third-order valence-electron chi connectivity index (χ3n) is 2.81. The standard InChI is InChI=1S/C10H13ClN4O2/c11-8-6(13-10(17)14-9(8)16)3-5-15-4-1-2-7(15)12/h12H,1-5H2,(H2,13,14,16,17). The molecule has 0 radical (unpaired) electrons. The van der Waals surface area contributed by atoms with E-state index in [2.05, 4.69) is 9.97 Å². The molecule has 3 N–H and O–H groups in total. The van der Waals surface area contributed by atoms with E-state index in [-0.39, 0.29) is 5.02 Å². The highest BCUT2D eigenvalue weighted by atomic mass is 35.5. The molecule has 2 heterocycles. The molecule has 0 spiro atoms. The summed E-state index contributed by atoms with van der Waals surface area (Å²) < 4.78 is 0. The molecule has 0 unspecified atom stereocenters. The third kappa shape index (κ3) is 2.58. The Bertz CT molecular complexity index is 548. The molecule has 17 heavy (non-hydrogen) atoms. The number of hydrogen-bond donors (Lipinski definition) is 3. The number of likely N-dealkylation sites (tertiary alicyclic amines) is 1. The van der Waals surface area contributed by atoms with Crippen molar-refractivity contribution in [2.24, 2.45) is 0 Å². The Kier molecular flexibility index (Phi) is 3.33. The Morgan fingerprint density at radius 1 is 1.35 bits per heavy atom. The summed E-state index contributed by atoms with van der Waals surface area (Å²) in [7, 11) is 0. The number of nitrogens with one attached hydrogen (secondary N) is 3. The van der Waals surface area contributed by atoms with Crippen LogP contribution in [0.1, 0.15) is 18.5 Å². The van der Waals surface area contributed by atoms with Crippen molar-refractivity contribution in [1.82, 2.24) is 14.9 Å². The van der Waals surface area contributed by atoms with Crippen molar-refractivity contribution in [3.8, 4) is 0 Å². The highest BCUT2D eigenvalue weighted by Gasteiger charge is 2.17. The van der Waals surface area contributed by atoms with E-state index in [9.17, 15) is 9.59 Å². The first-order valence-electron chi connectivity index (χ1n) is 5.41. The summed E-state index contributed by atoms with van der Waals surface area (Å²) in [6.45, 7) is 1.45. The summed E-state index contributed by atoms with van der Waals surface area (Å²) in [5.41, 5.74) is -0.687. The summed E-state index contributed by atoms with van der Waals surface area (Å²) in [6, 6.07) is 0. The molecule has 0 bridgehead atoms. The fourth-order valence-corrected chi connectivity index (χ4v) is 2.10. The van der Waals surface area contributed by atoms with Crippen LogP contribution in [-0.4, -0.2) is 33.8 Å². The Hall–Kier alpha value is -1.56. The summed E-state index contributed by atoms with van der Waals surface area (Å²) in [4.78, 5) is 28.9. The van der Waals surface area contributed by atoms with E-state index < -0.39 is 11.2 Å². The second-order valence-corrected chi connectivity index (χ2v) is 4.37. The van der Waals surface area contributed by atoms with Crippen LogP contribution in [0.4, 0.5) is 0 Å². The quantitative estimate of drug-likeness (QED) is 0.728. The summed E-state index contributed by atoms with van der Waals surface area (Å²) >= 11 is 5.80. The zero-order valence-electron chi connectivity index (χ0n) is 9.18. The predicted molar refractivity (Wildman–Crippen MR) is 64.9 cm³/mol. The van der Waals surface area contributed by atoms with Crippen LogP contribution in [0.25, 0.3) is 0 Å². The van der Waals surface area contributed by atoms with Crippen LogP contribution < -0.4 is 11.2 Å². The van der Waals surface area contributed by atoms with Gasteiger partial charge in [-0.15, -0.1) is 0 Å². The first kappa shape index (κ1) is 11.9. The first-order valence-corrected chi connectivity index (χ1v) is 5.79. The minimum absolute atomic E-state index is 0.0235. The highest BCUT2D eigenvalue weighted by Crippen LogP contribution is 2.12. The maximum Gasteiger partial charge on any atom is 0.325 e. The zero-order valence-corrected chi connectivity index (χ0v) is 9.93. The van der Waals surface area contributed by atoms with Crippen molar-refractivity contribution in [3.05, 3.63) is 31.6 Å². The molecule has 0 aromatic carbocycles. The molecule has 7 heteroatoms. The predicted octanol–water partition coefficient (Wildman–Crippen LogP) is 0.332. The SMILES string of the molecule is N=C1CCCN1CCc1[nH]c(=O)[nH]c(=O)c1Cl. The van der Waals surface area contributed by atoms with Gasteiger partial charge in [0, 0.05) is 31.6 Å². The number of aromatic amines is 2. The van der Waals surface area contributed by atoms with Crippen LogP contribution in [-0.2, 0) is 6.42 Å². The van der Waals surface area contributed by atoms with E-state index >= 15 is 0 Å². The number of H-pyrrole nitrogens is 2. The minimum Gasteiger partial charge on any atom is -0.360 e. The summed E-state index contributed by atoms with van der Waals surface area (Å²) in [5, 5.41) is 7.69. The van der Waals surface area contributed by atoms with E-state index in [0.29, 0.717) is 24.5 Å². The largest absolute Gasteiger partial charge is 0.360 e. The van der Waals surface area contributed by atoms with Gasteiger partial charge in [-0.05, 0) is 6.42 Å². The molecule has 1 fully saturated rings. The molecule has 1 aliphatic heterocycles. The van der Waals surface area contributed by atoms with Crippen molar-refractivity contribution < 1.29 is 0 Å². The zero-order chi connectivity index (χ0) is 12.4. The first-order chi connectivity index (χ1) is 8.08. The van der Waals surface area contributed by atoms with Crippen molar-refractivity contribution in [2.75, 3.05) is 13.1 Å². The number of hydrogen-bond acceptors (Lipinski definition) is 3. The fourth-order valence-electron chi connectivity index (χ4n) is 1.91. The number of halogens is 1. The number of amidine groups is 1. The summed E-state index contributed by atoms with van der Waals surface area (Å²) in [5.74, 6) is 0.605. The van der Waals surface area contributed by atoms with Crippen LogP contribution in [0.3, 0.4) is 0 Å². The van der Waals surface area contributed by atoms with Gasteiger partial charge in [0.2, 0.25) is 0 Å². The molecule has 0 aliphatic carbocycles. The molecule has 1 aromatic rings. The van der Waals surface area contributed by atoms with Gasteiger partial charge in [-0.1, -0.05) is 11.6 Å². The van der Waals surface area contributed by atoms with Crippen LogP contribution in [0.15, 0.2) is 9.59 Å². The lowest BCUT2D eigenvalue weighted by atomic mass is 10.3. The average Bonchev–Trinajstić information content (AvgIpc) is 2.67. The van der Waals surface area contributed by atoms with E-state index in [1.165, 1.54) is 0 Å². The Labute approximate surface area is 102 Å². The van der Waals surface area contributed by atoms with Gasteiger partial charge >= 0.3 is 5.69 Å². The maximum absolute atomic E-state index is 11.3. The van der Waals surface area contributed by atoms with E-state index in [1.807, 2.05) is 4.90 Å². The van der Waals surface area contributed by atoms with Crippen LogP contribution >= 0.6 is 11.6 Å². The van der Waals surface area contributed by atoms with Gasteiger partial charge in [0.1, 0.15) is 5.02 Å². The van der Waals surface area contributed by atoms with Crippen molar-refractivity contribution >= 4 is 17.4 Å². The van der Waals surface area contributed by atoms with Gasteiger partial charge in [0.25, 0.3) is 5.56 Å². The molecular formula is C10H13ClN4O2. The van der Waals surface area contributed by atoms with E-state index in [4.69, 9.17) is 17.0 Å². The Morgan fingerprint density at radius 3 is 2.76 bits per heavy atom. The molecule has 0 saturated carbocycles. The number of aromatic nitrogens is 2. The van der Waals surface area contributed by atoms with Gasteiger partial charge in [0.15, 0.2) is 0 Å². The molecular weight excluding hydrogens is 244 g/mol. The lowest BCUT2D eigenvalue weighted by molar-refractivity contribution is 0.452. The lowest BCUT2D eigenvalue weighted by Crippen LogP contribution is -2.29. The topological polar surface area (TPSA) is 92.8 Å². The molecule has 1 aromatic heterocycles. The number of nitrogens with zero attached hydrogens (tertiary/aromatic N) is 1. The van der Waals surface area contributed by atoms with Crippen LogP contribution in [0.2, 0.25) is 5.02 Å². The van der Waals surface area contributed by atoms with Crippen molar-refractivity contribution in [2.45, 2.75) is 19.3 Å². The van der Waals surface area contributed by atoms with Gasteiger partial charge in [-0.25, -0.2) is 4.79 Å². The average molecular weight is 257 g/mol. The van der Waals surface area contributed by atoms with Crippen molar-refractivity contribution in [1.29, 1.82) is 5.41 Å². The summed E-state index contributed by atoms with van der Waals surface area (Å²) in [6.07, 6.45) is 2.23. The normalized spacial score (nSPS) is 15.6. The van der Waals surface area contributed by atoms with Gasteiger partial charge in [-0.3, -0.25) is 15.2 Å². The van der Waals surface area contributed by atoms with E-state index in [1.54, 1.807) is 0 Å². The fraction of sp³-hybridized carbons (Fsp3) is 0.500. The molecule has 1 aliphatic rings. The van der Waals surface area contributed by atoms with Crippen LogP contribution in [0.5, 0.6) is 0 Å². The highest BCUT2D eigenvalue weighted by molar-refractivity contribution is 6.30. The molecule has 0 amide bonds. The smallest absolute Gasteiger partial charge is 0.325 e. The van der Waals surface area contributed by atoms with Gasteiger partial charge < -0.3 is 9.88 Å². The maximum atomic E-state index is 11.3. The molecule has 2 rings (SSSR count). The van der Waals surface area contributed by atoms with Crippen LogP contribution in [0, 0.1) is 5.41 Å². The molecule has 1 saturated heterocycles. The monoisotopic (exact) mass is 256 g/mol. The molecule has 0 atom stereocenters. The van der Waals surface area contributed by atoms with Gasteiger partial charge in [-0.2, -0.15) is 0 Å². The van der Waals surface area contributed by atoms with Gasteiger partial charge in [0.05, 0.1) is 5.84 Å². The Balaban J connectivity index is 2.11. The molecule has 92 valence electrons.